The summed E-state index contributed by atoms with van der Waals surface area (Å²) in [6, 6.07) is 9.74. The molecule has 1 aromatic carbocycles. The summed E-state index contributed by atoms with van der Waals surface area (Å²) in [4.78, 5) is 0. The van der Waals surface area contributed by atoms with Gasteiger partial charge in [0.2, 0.25) is 0 Å². The first-order valence-corrected chi connectivity index (χ1v) is 8.83. The van der Waals surface area contributed by atoms with E-state index in [1.54, 1.807) is 0 Å². The molecule has 2 saturated carbocycles. The number of hydrogen-bond acceptors (Lipinski definition) is 2. The molecule has 2 nitrogen and oxygen atoms in total. The largest absolute Gasteiger partial charge is 0.494 e. The molecule has 0 bridgehead atoms. The second-order valence-electron chi connectivity index (χ2n) is 6.75. The minimum atomic E-state index is 0.741. The molecule has 2 aliphatic rings. The molecule has 0 amide bonds. The van der Waals surface area contributed by atoms with Crippen LogP contribution in [-0.4, -0.2) is 19.2 Å². The summed E-state index contributed by atoms with van der Waals surface area (Å²) in [5.41, 5.74) is 1.51. The molecular formula is C19H29NO. The summed E-state index contributed by atoms with van der Waals surface area (Å²) < 4.78 is 5.70. The van der Waals surface area contributed by atoms with Crippen molar-refractivity contribution in [2.75, 3.05) is 13.2 Å². The minimum absolute atomic E-state index is 0.741. The van der Waals surface area contributed by atoms with Gasteiger partial charge in [-0.3, -0.25) is 0 Å². The van der Waals surface area contributed by atoms with Crippen LogP contribution in [0.4, 0.5) is 0 Å². The van der Waals surface area contributed by atoms with Crippen LogP contribution in [0.5, 0.6) is 5.75 Å². The Labute approximate surface area is 129 Å². The van der Waals surface area contributed by atoms with Crippen molar-refractivity contribution in [2.24, 2.45) is 5.92 Å². The highest BCUT2D eigenvalue weighted by atomic mass is 16.5. The van der Waals surface area contributed by atoms with Gasteiger partial charge in [-0.2, -0.15) is 0 Å². The quantitative estimate of drug-likeness (QED) is 0.797. The normalized spacial score (nSPS) is 25.8. The van der Waals surface area contributed by atoms with Gasteiger partial charge in [0.1, 0.15) is 5.75 Å². The fourth-order valence-corrected chi connectivity index (χ4v) is 3.53. The third-order valence-electron chi connectivity index (χ3n) is 4.94. The van der Waals surface area contributed by atoms with Gasteiger partial charge < -0.3 is 10.1 Å². The molecule has 1 N–H and O–H groups in total. The Bertz CT molecular complexity index is 424. The molecule has 2 heteroatoms. The average Bonchev–Trinajstić information content (AvgIpc) is 3.36. The fourth-order valence-electron chi connectivity index (χ4n) is 3.53. The van der Waals surface area contributed by atoms with E-state index in [1.165, 1.54) is 50.6 Å². The summed E-state index contributed by atoms with van der Waals surface area (Å²) in [5, 5.41) is 3.74. The smallest absolute Gasteiger partial charge is 0.119 e. The molecule has 0 saturated heterocycles. The van der Waals surface area contributed by atoms with E-state index in [0.29, 0.717) is 0 Å². The maximum Gasteiger partial charge on any atom is 0.119 e. The molecule has 21 heavy (non-hydrogen) atoms. The Morgan fingerprint density at radius 1 is 1.05 bits per heavy atom. The molecule has 0 aliphatic heterocycles. The van der Waals surface area contributed by atoms with Gasteiger partial charge >= 0.3 is 0 Å². The molecule has 2 atom stereocenters. The van der Waals surface area contributed by atoms with Crippen molar-refractivity contribution in [3.05, 3.63) is 29.8 Å². The molecule has 2 aliphatic carbocycles. The van der Waals surface area contributed by atoms with Crippen molar-refractivity contribution in [3.8, 4) is 5.75 Å². The van der Waals surface area contributed by atoms with Crippen LogP contribution in [0.25, 0.3) is 0 Å². The second kappa shape index (κ2) is 7.31. The molecule has 116 valence electrons. The Balaban J connectivity index is 1.61. The number of rotatable bonds is 7. The van der Waals surface area contributed by atoms with Gasteiger partial charge in [-0.1, -0.05) is 31.9 Å². The SMILES string of the molecule is CCCOc1ccc(C2CCCCC2CNC2CC2)cc1. The Kier molecular flexibility index (Phi) is 5.18. The van der Waals surface area contributed by atoms with E-state index in [0.717, 1.165) is 36.7 Å². The highest BCUT2D eigenvalue weighted by molar-refractivity contribution is 5.30. The van der Waals surface area contributed by atoms with Crippen LogP contribution < -0.4 is 10.1 Å². The van der Waals surface area contributed by atoms with Crippen molar-refractivity contribution >= 4 is 0 Å². The summed E-state index contributed by atoms with van der Waals surface area (Å²) in [5.74, 6) is 2.58. The van der Waals surface area contributed by atoms with Crippen LogP contribution in [0, 0.1) is 5.92 Å². The zero-order valence-corrected chi connectivity index (χ0v) is 13.3. The lowest BCUT2D eigenvalue weighted by atomic mass is 9.75. The lowest BCUT2D eigenvalue weighted by Crippen LogP contribution is -2.30. The molecule has 3 rings (SSSR count). The van der Waals surface area contributed by atoms with Crippen LogP contribution in [0.15, 0.2) is 24.3 Å². The van der Waals surface area contributed by atoms with Gasteiger partial charge in [-0.25, -0.2) is 0 Å². The number of ether oxygens (including phenoxy) is 1. The first-order valence-electron chi connectivity index (χ1n) is 8.83. The van der Waals surface area contributed by atoms with E-state index in [-0.39, 0.29) is 0 Å². The van der Waals surface area contributed by atoms with Gasteiger partial charge in [0.05, 0.1) is 6.61 Å². The van der Waals surface area contributed by atoms with Gasteiger partial charge in [-0.05, 0) is 68.2 Å². The molecule has 0 heterocycles. The molecule has 0 spiro atoms. The van der Waals surface area contributed by atoms with E-state index < -0.39 is 0 Å². The predicted molar refractivity (Wildman–Crippen MR) is 88.0 cm³/mol. The van der Waals surface area contributed by atoms with Gasteiger partial charge in [0, 0.05) is 6.04 Å². The zero-order chi connectivity index (χ0) is 14.5. The molecule has 1 aromatic rings. The molecule has 2 fully saturated rings. The average molecular weight is 287 g/mol. The third kappa shape index (κ3) is 4.23. The van der Waals surface area contributed by atoms with E-state index in [1.807, 2.05) is 0 Å². The van der Waals surface area contributed by atoms with Gasteiger partial charge in [0.25, 0.3) is 0 Å². The first kappa shape index (κ1) is 14.9. The number of hydrogen-bond donors (Lipinski definition) is 1. The minimum Gasteiger partial charge on any atom is -0.494 e. The van der Waals surface area contributed by atoms with Crippen molar-refractivity contribution in [1.82, 2.24) is 5.32 Å². The maximum atomic E-state index is 5.70. The van der Waals surface area contributed by atoms with E-state index in [9.17, 15) is 0 Å². The van der Waals surface area contributed by atoms with Crippen LogP contribution >= 0.6 is 0 Å². The first-order chi connectivity index (χ1) is 10.4. The predicted octanol–water partition coefficient (Wildman–Crippen LogP) is 4.50. The molecule has 2 unspecified atom stereocenters. The van der Waals surface area contributed by atoms with Crippen molar-refractivity contribution in [1.29, 1.82) is 0 Å². The molecule has 0 radical (unpaired) electrons. The van der Waals surface area contributed by atoms with Crippen LogP contribution in [0.3, 0.4) is 0 Å². The summed E-state index contributed by atoms with van der Waals surface area (Å²) >= 11 is 0. The fraction of sp³-hybridized carbons (Fsp3) is 0.684. The van der Waals surface area contributed by atoms with Gasteiger partial charge in [0.15, 0.2) is 0 Å². The standard InChI is InChI=1S/C19H29NO/c1-2-13-21-18-11-7-15(8-12-18)19-6-4-3-5-16(19)14-20-17-9-10-17/h7-8,11-12,16-17,19-20H,2-6,9-10,13-14H2,1H3. The van der Waals surface area contributed by atoms with E-state index in [2.05, 4.69) is 36.5 Å². The van der Waals surface area contributed by atoms with Crippen molar-refractivity contribution in [3.63, 3.8) is 0 Å². The second-order valence-corrected chi connectivity index (χ2v) is 6.75. The highest BCUT2D eigenvalue weighted by Gasteiger charge is 2.28. The summed E-state index contributed by atoms with van der Waals surface area (Å²) in [6.07, 6.45) is 9.38. The van der Waals surface area contributed by atoms with Crippen molar-refractivity contribution < 1.29 is 4.74 Å². The van der Waals surface area contributed by atoms with E-state index in [4.69, 9.17) is 4.74 Å². The lowest BCUT2D eigenvalue weighted by molar-refractivity contribution is 0.294. The van der Waals surface area contributed by atoms with Gasteiger partial charge in [-0.15, -0.1) is 0 Å². The van der Waals surface area contributed by atoms with Crippen LogP contribution in [-0.2, 0) is 0 Å². The summed E-state index contributed by atoms with van der Waals surface area (Å²) in [7, 11) is 0. The monoisotopic (exact) mass is 287 g/mol. The number of nitrogens with one attached hydrogen (secondary N) is 1. The third-order valence-corrected chi connectivity index (χ3v) is 4.94. The Morgan fingerprint density at radius 2 is 1.81 bits per heavy atom. The van der Waals surface area contributed by atoms with Crippen molar-refractivity contribution in [2.45, 2.75) is 63.8 Å². The number of benzene rings is 1. The summed E-state index contributed by atoms with van der Waals surface area (Å²) in [6.45, 7) is 4.17. The van der Waals surface area contributed by atoms with E-state index >= 15 is 0 Å². The Hall–Kier alpha value is -1.02. The van der Waals surface area contributed by atoms with Crippen LogP contribution in [0.1, 0.15) is 63.4 Å². The molecule has 0 aromatic heterocycles. The topological polar surface area (TPSA) is 21.3 Å². The van der Waals surface area contributed by atoms with Crippen LogP contribution in [0.2, 0.25) is 0 Å². The zero-order valence-electron chi connectivity index (χ0n) is 13.3. The highest BCUT2D eigenvalue weighted by Crippen LogP contribution is 2.38. The maximum absolute atomic E-state index is 5.70. The lowest BCUT2D eigenvalue weighted by Gasteiger charge is -2.32. The molecular weight excluding hydrogens is 258 g/mol. The Morgan fingerprint density at radius 3 is 2.52 bits per heavy atom.